The van der Waals surface area contributed by atoms with Crippen molar-refractivity contribution in [2.75, 3.05) is 13.7 Å². The molecule has 2 N–H and O–H groups in total. The quantitative estimate of drug-likeness (QED) is 0.867. The highest BCUT2D eigenvalue weighted by molar-refractivity contribution is 5.51. The van der Waals surface area contributed by atoms with Crippen molar-refractivity contribution >= 4 is 0 Å². The van der Waals surface area contributed by atoms with Gasteiger partial charge in [0.15, 0.2) is 0 Å². The molecule has 0 aromatic heterocycles. The molecule has 1 aliphatic rings. The summed E-state index contributed by atoms with van der Waals surface area (Å²) in [7, 11) is 1.74. The molecule has 1 aliphatic heterocycles. The van der Waals surface area contributed by atoms with Crippen LogP contribution in [-0.4, -0.2) is 18.8 Å². The third kappa shape index (κ3) is 3.01. The molecule has 0 fully saturated rings. The van der Waals surface area contributed by atoms with Crippen LogP contribution >= 0.6 is 0 Å². The van der Waals surface area contributed by atoms with Gasteiger partial charge >= 0.3 is 0 Å². The summed E-state index contributed by atoms with van der Waals surface area (Å²) in [4.78, 5) is 0. The van der Waals surface area contributed by atoms with Gasteiger partial charge in [0.2, 0.25) is 0 Å². The van der Waals surface area contributed by atoms with Gasteiger partial charge in [0, 0.05) is 6.54 Å². The fourth-order valence-corrected chi connectivity index (χ4v) is 3.59. The average Bonchev–Trinajstić information content (AvgIpc) is 2.52. The van der Waals surface area contributed by atoms with Gasteiger partial charge in [0.05, 0.1) is 13.2 Å². The van der Waals surface area contributed by atoms with E-state index in [1.54, 1.807) is 13.2 Å². The van der Waals surface area contributed by atoms with Crippen molar-refractivity contribution in [3.63, 3.8) is 0 Å². The molecular formula is C21H27NO2. The minimum Gasteiger partial charge on any atom is -0.508 e. The van der Waals surface area contributed by atoms with Gasteiger partial charge in [-0.2, -0.15) is 0 Å². The molecule has 0 saturated carbocycles. The maximum atomic E-state index is 9.78. The molecule has 0 bridgehead atoms. The minimum absolute atomic E-state index is 0.0141. The van der Waals surface area contributed by atoms with Crippen LogP contribution in [0.25, 0.3) is 0 Å². The lowest BCUT2D eigenvalue weighted by Crippen LogP contribution is -2.31. The highest BCUT2D eigenvalue weighted by Gasteiger charge is 2.26. The fraction of sp³-hybridized carbons (Fsp3) is 0.429. The van der Waals surface area contributed by atoms with Gasteiger partial charge in [-0.15, -0.1) is 0 Å². The predicted octanol–water partition coefficient (Wildman–Crippen LogP) is 4.24. The Kier molecular flexibility index (Phi) is 4.31. The molecular weight excluding hydrogens is 298 g/mol. The van der Waals surface area contributed by atoms with Crippen molar-refractivity contribution in [1.29, 1.82) is 0 Å². The maximum Gasteiger partial charge on any atom is 0.122 e. The summed E-state index contributed by atoms with van der Waals surface area (Å²) in [6.07, 6.45) is 0.946. The molecule has 0 saturated heterocycles. The first-order valence-electron chi connectivity index (χ1n) is 8.55. The molecule has 1 heterocycles. The number of ether oxygens (including phenoxy) is 1. The van der Waals surface area contributed by atoms with Crippen molar-refractivity contribution in [3.05, 3.63) is 58.1 Å². The Morgan fingerprint density at radius 1 is 1.12 bits per heavy atom. The summed E-state index contributed by atoms with van der Waals surface area (Å²) >= 11 is 0. The fourth-order valence-electron chi connectivity index (χ4n) is 3.59. The van der Waals surface area contributed by atoms with E-state index in [0.717, 1.165) is 18.7 Å². The first kappa shape index (κ1) is 16.8. The van der Waals surface area contributed by atoms with E-state index in [-0.39, 0.29) is 11.5 Å². The van der Waals surface area contributed by atoms with Gasteiger partial charge in [-0.1, -0.05) is 26.8 Å². The molecule has 1 atom stereocenters. The first-order valence-corrected chi connectivity index (χ1v) is 8.55. The van der Waals surface area contributed by atoms with Crippen molar-refractivity contribution in [2.45, 2.75) is 45.6 Å². The molecule has 2 aromatic carbocycles. The van der Waals surface area contributed by atoms with Crippen LogP contribution in [0.15, 0.2) is 30.3 Å². The smallest absolute Gasteiger partial charge is 0.122 e. The molecule has 3 rings (SSSR count). The van der Waals surface area contributed by atoms with Crippen LogP contribution in [0.3, 0.4) is 0 Å². The summed E-state index contributed by atoms with van der Waals surface area (Å²) in [5, 5.41) is 13.4. The largest absolute Gasteiger partial charge is 0.508 e. The number of fused-ring (bicyclic) bond motifs is 1. The SMILES string of the molecule is COc1cc(C)c(C2NCCc3cc(O)ccc32)cc1C(C)(C)C. The van der Waals surface area contributed by atoms with Gasteiger partial charge in [-0.25, -0.2) is 0 Å². The van der Waals surface area contributed by atoms with Crippen LogP contribution in [0.4, 0.5) is 0 Å². The summed E-state index contributed by atoms with van der Waals surface area (Å²) in [6, 6.07) is 10.3. The van der Waals surface area contributed by atoms with Gasteiger partial charge in [0.1, 0.15) is 11.5 Å². The third-order valence-electron chi connectivity index (χ3n) is 4.89. The van der Waals surface area contributed by atoms with E-state index in [1.165, 1.54) is 27.8 Å². The number of aromatic hydroxyl groups is 1. The van der Waals surface area contributed by atoms with Crippen molar-refractivity contribution in [2.24, 2.45) is 0 Å². The summed E-state index contributed by atoms with van der Waals surface area (Å²) in [5.41, 5.74) is 6.22. The van der Waals surface area contributed by atoms with Gasteiger partial charge in [0.25, 0.3) is 0 Å². The van der Waals surface area contributed by atoms with Crippen molar-refractivity contribution < 1.29 is 9.84 Å². The molecule has 0 aliphatic carbocycles. The molecule has 24 heavy (non-hydrogen) atoms. The van der Waals surface area contributed by atoms with Gasteiger partial charge in [-0.3, -0.25) is 0 Å². The zero-order valence-electron chi connectivity index (χ0n) is 15.2. The number of rotatable bonds is 2. The molecule has 0 amide bonds. The number of hydrogen-bond acceptors (Lipinski definition) is 3. The second kappa shape index (κ2) is 6.14. The number of aryl methyl sites for hydroxylation is 1. The Hall–Kier alpha value is -2.00. The average molecular weight is 325 g/mol. The monoisotopic (exact) mass is 325 g/mol. The second-order valence-corrected chi connectivity index (χ2v) is 7.68. The van der Waals surface area contributed by atoms with Gasteiger partial charge < -0.3 is 15.2 Å². The van der Waals surface area contributed by atoms with Crippen molar-refractivity contribution in [1.82, 2.24) is 5.32 Å². The Balaban J connectivity index is 2.14. The van der Waals surface area contributed by atoms with Crippen LogP contribution in [0.2, 0.25) is 0 Å². The molecule has 0 radical (unpaired) electrons. The lowest BCUT2D eigenvalue weighted by molar-refractivity contribution is 0.396. The second-order valence-electron chi connectivity index (χ2n) is 7.68. The Labute approximate surface area is 144 Å². The maximum absolute atomic E-state index is 9.78. The zero-order valence-corrected chi connectivity index (χ0v) is 15.2. The van der Waals surface area contributed by atoms with Crippen molar-refractivity contribution in [3.8, 4) is 11.5 Å². The number of phenols is 1. The lowest BCUT2D eigenvalue weighted by atomic mass is 9.81. The number of methoxy groups -OCH3 is 1. The van der Waals surface area contributed by atoms with Gasteiger partial charge in [-0.05, 0) is 70.8 Å². The zero-order chi connectivity index (χ0) is 17.5. The standard InChI is InChI=1S/C21H27NO2/c1-13-10-19(24-5)18(21(2,3)4)12-17(13)20-16-7-6-15(23)11-14(16)8-9-22-20/h6-7,10-12,20,22-23H,8-9H2,1-5H3. The van der Waals surface area contributed by atoms with Crippen LogP contribution < -0.4 is 10.1 Å². The van der Waals surface area contributed by atoms with Crippen LogP contribution in [0.1, 0.15) is 54.6 Å². The van der Waals surface area contributed by atoms with E-state index in [2.05, 4.69) is 45.1 Å². The van der Waals surface area contributed by atoms with E-state index < -0.39 is 0 Å². The van der Waals surface area contributed by atoms with E-state index in [9.17, 15) is 5.11 Å². The minimum atomic E-state index is 0.0141. The number of hydrogen-bond donors (Lipinski definition) is 2. The summed E-state index contributed by atoms with van der Waals surface area (Å²) in [5.74, 6) is 1.29. The topological polar surface area (TPSA) is 41.5 Å². The lowest BCUT2D eigenvalue weighted by Gasteiger charge is -2.31. The van der Waals surface area contributed by atoms with Crippen LogP contribution in [-0.2, 0) is 11.8 Å². The molecule has 1 unspecified atom stereocenters. The first-order chi connectivity index (χ1) is 11.3. The number of benzene rings is 2. The Bertz CT molecular complexity index is 759. The summed E-state index contributed by atoms with van der Waals surface area (Å²) < 4.78 is 5.63. The van der Waals surface area contributed by atoms with E-state index in [4.69, 9.17) is 4.74 Å². The van der Waals surface area contributed by atoms with Crippen LogP contribution in [0.5, 0.6) is 11.5 Å². The number of nitrogens with one attached hydrogen (secondary N) is 1. The molecule has 3 heteroatoms. The van der Waals surface area contributed by atoms with Crippen LogP contribution in [0, 0.1) is 6.92 Å². The third-order valence-corrected chi connectivity index (χ3v) is 4.89. The summed E-state index contributed by atoms with van der Waals surface area (Å²) in [6.45, 7) is 9.69. The molecule has 128 valence electrons. The van der Waals surface area contributed by atoms with E-state index >= 15 is 0 Å². The Morgan fingerprint density at radius 3 is 2.54 bits per heavy atom. The highest BCUT2D eigenvalue weighted by atomic mass is 16.5. The van der Waals surface area contributed by atoms with E-state index in [0.29, 0.717) is 5.75 Å². The normalized spacial score (nSPS) is 17.5. The molecule has 3 nitrogen and oxygen atoms in total. The highest BCUT2D eigenvalue weighted by Crippen LogP contribution is 2.38. The molecule has 2 aromatic rings. The molecule has 0 spiro atoms. The predicted molar refractivity (Wildman–Crippen MR) is 98.1 cm³/mol. The Morgan fingerprint density at radius 2 is 1.88 bits per heavy atom. The number of phenolic OH excluding ortho intramolecular Hbond substituents is 1. The van der Waals surface area contributed by atoms with E-state index in [1.807, 2.05) is 12.1 Å².